The van der Waals surface area contributed by atoms with Gasteiger partial charge in [-0.15, -0.1) is 0 Å². The van der Waals surface area contributed by atoms with E-state index in [2.05, 4.69) is 6.92 Å². The predicted molar refractivity (Wildman–Crippen MR) is 67.4 cm³/mol. The Hall–Kier alpha value is -0.760. The molecule has 0 fully saturated rings. The summed E-state index contributed by atoms with van der Waals surface area (Å²) in [5.74, 6) is 0.271. The van der Waals surface area contributed by atoms with Crippen LogP contribution in [0.15, 0.2) is 24.0 Å². The zero-order chi connectivity index (χ0) is 11.9. The van der Waals surface area contributed by atoms with E-state index in [9.17, 15) is 10.2 Å². The van der Waals surface area contributed by atoms with Crippen LogP contribution in [0.4, 0.5) is 0 Å². The Labute approximate surface area is 98.7 Å². The molecule has 0 radical (unpaired) electrons. The second kappa shape index (κ2) is 6.74. The zero-order valence-corrected chi connectivity index (χ0v) is 10.3. The summed E-state index contributed by atoms with van der Waals surface area (Å²) in [6, 6.07) is 0. The van der Waals surface area contributed by atoms with E-state index >= 15 is 0 Å². The van der Waals surface area contributed by atoms with Crippen molar-refractivity contribution in [1.29, 1.82) is 0 Å². The van der Waals surface area contributed by atoms with Gasteiger partial charge in [0.2, 0.25) is 0 Å². The SMILES string of the molecule is CCCCCCCCC1(O)C=CC(O)=CC1. The van der Waals surface area contributed by atoms with Gasteiger partial charge in [0, 0.05) is 6.42 Å². The van der Waals surface area contributed by atoms with Crippen molar-refractivity contribution < 1.29 is 10.2 Å². The standard InChI is InChI=1S/C14H24O2/c1-2-3-4-5-6-7-10-14(16)11-8-13(15)9-12-14/h8-9,11,15-16H,2-7,10,12H2,1H3. The van der Waals surface area contributed by atoms with Gasteiger partial charge in [-0.25, -0.2) is 0 Å². The summed E-state index contributed by atoms with van der Waals surface area (Å²) >= 11 is 0. The molecule has 1 aliphatic carbocycles. The lowest BCUT2D eigenvalue weighted by Crippen LogP contribution is -2.26. The van der Waals surface area contributed by atoms with Gasteiger partial charge < -0.3 is 10.2 Å². The summed E-state index contributed by atoms with van der Waals surface area (Å²) in [4.78, 5) is 0. The van der Waals surface area contributed by atoms with Crippen LogP contribution >= 0.6 is 0 Å². The number of hydrogen-bond acceptors (Lipinski definition) is 2. The maximum atomic E-state index is 10.1. The van der Waals surface area contributed by atoms with Crippen LogP contribution in [-0.4, -0.2) is 15.8 Å². The number of rotatable bonds is 7. The van der Waals surface area contributed by atoms with E-state index in [1.54, 1.807) is 18.2 Å². The molecule has 0 heterocycles. The number of hydrogen-bond donors (Lipinski definition) is 2. The maximum absolute atomic E-state index is 10.1. The highest BCUT2D eigenvalue weighted by Gasteiger charge is 2.23. The molecule has 92 valence electrons. The van der Waals surface area contributed by atoms with Crippen molar-refractivity contribution in [2.75, 3.05) is 0 Å². The molecule has 2 N–H and O–H groups in total. The molecular weight excluding hydrogens is 200 g/mol. The van der Waals surface area contributed by atoms with Crippen LogP contribution in [-0.2, 0) is 0 Å². The summed E-state index contributed by atoms with van der Waals surface area (Å²) in [5, 5.41) is 19.3. The first kappa shape index (κ1) is 13.3. The van der Waals surface area contributed by atoms with Crippen LogP contribution < -0.4 is 0 Å². The van der Waals surface area contributed by atoms with E-state index in [0.29, 0.717) is 6.42 Å². The monoisotopic (exact) mass is 224 g/mol. The van der Waals surface area contributed by atoms with Crippen LogP contribution in [0.2, 0.25) is 0 Å². The molecule has 0 saturated carbocycles. The Morgan fingerprint density at radius 2 is 1.88 bits per heavy atom. The van der Waals surface area contributed by atoms with Crippen LogP contribution in [0.5, 0.6) is 0 Å². The molecule has 2 heteroatoms. The third kappa shape index (κ3) is 4.84. The molecule has 2 nitrogen and oxygen atoms in total. The van der Waals surface area contributed by atoms with Crippen LogP contribution in [0.1, 0.15) is 58.3 Å². The fraction of sp³-hybridized carbons (Fsp3) is 0.714. The summed E-state index contributed by atoms with van der Waals surface area (Å²) in [5.41, 5.74) is -0.711. The van der Waals surface area contributed by atoms with E-state index in [-0.39, 0.29) is 5.76 Å². The quantitative estimate of drug-likeness (QED) is 0.644. The van der Waals surface area contributed by atoms with Gasteiger partial charge in [-0.2, -0.15) is 0 Å². The van der Waals surface area contributed by atoms with Crippen molar-refractivity contribution in [1.82, 2.24) is 0 Å². The minimum Gasteiger partial charge on any atom is -0.508 e. The van der Waals surface area contributed by atoms with Gasteiger partial charge in [0.25, 0.3) is 0 Å². The minimum atomic E-state index is -0.711. The Morgan fingerprint density at radius 1 is 1.19 bits per heavy atom. The smallest absolute Gasteiger partial charge is 0.111 e. The first-order valence-electron chi connectivity index (χ1n) is 6.47. The highest BCUT2D eigenvalue weighted by Crippen LogP contribution is 2.26. The van der Waals surface area contributed by atoms with Crippen molar-refractivity contribution in [3.05, 3.63) is 24.0 Å². The molecule has 1 aliphatic rings. The molecule has 0 spiro atoms. The molecule has 0 aliphatic heterocycles. The largest absolute Gasteiger partial charge is 0.508 e. The van der Waals surface area contributed by atoms with Crippen molar-refractivity contribution in [2.45, 2.75) is 63.9 Å². The van der Waals surface area contributed by atoms with Gasteiger partial charge in [0.15, 0.2) is 0 Å². The number of allylic oxidation sites excluding steroid dienone is 1. The minimum absolute atomic E-state index is 0.271. The van der Waals surface area contributed by atoms with Gasteiger partial charge in [-0.05, 0) is 24.6 Å². The highest BCUT2D eigenvalue weighted by atomic mass is 16.3. The lowest BCUT2D eigenvalue weighted by Gasteiger charge is -2.25. The lowest BCUT2D eigenvalue weighted by atomic mass is 9.89. The lowest BCUT2D eigenvalue weighted by molar-refractivity contribution is 0.0783. The second-order valence-electron chi connectivity index (χ2n) is 4.79. The van der Waals surface area contributed by atoms with Gasteiger partial charge in [0.05, 0.1) is 5.60 Å². The second-order valence-corrected chi connectivity index (χ2v) is 4.79. The van der Waals surface area contributed by atoms with Crippen LogP contribution in [0.3, 0.4) is 0 Å². The molecule has 0 bridgehead atoms. The first-order valence-corrected chi connectivity index (χ1v) is 6.47. The molecule has 0 aromatic heterocycles. The molecular formula is C14H24O2. The summed E-state index contributed by atoms with van der Waals surface area (Å²) in [6.07, 6.45) is 13.8. The Bertz CT molecular complexity index is 255. The predicted octanol–water partition coefficient (Wildman–Crippen LogP) is 3.87. The van der Waals surface area contributed by atoms with Crippen molar-refractivity contribution >= 4 is 0 Å². The van der Waals surface area contributed by atoms with E-state index in [4.69, 9.17) is 0 Å². The van der Waals surface area contributed by atoms with Gasteiger partial charge in [-0.1, -0.05) is 45.4 Å². The molecule has 0 aromatic rings. The third-order valence-electron chi connectivity index (χ3n) is 3.19. The summed E-state index contributed by atoms with van der Waals surface area (Å²) in [7, 11) is 0. The van der Waals surface area contributed by atoms with E-state index < -0.39 is 5.60 Å². The van der Waals surface area contributed by atoms with Crippen LogP contribution in [0, 0.1) is 0 Å². The number of aliphatic hydroxyl groups excluding tert-OH is 1. The molecule has 1 unspecified atom stereocenters. The maximum Gasteiger partial charge on any atom is 0.111 e. The highest BCUT2D eigenvalue weighted by molar-refractivity contribution is 5.22. The number of unbranched alkanes of at least 4 members (excludes halogenated alkanes) is 5. The first-order chi connectivity index (χ1) is 7.66. The fourth-order valence-electron chi connectivity index (χ4n) is 2.05. The van der Waals surface area contributed by atoms with Crippen molar-refractivity contribution in [3.63, 3.8) is 0 Å². The summed E-state index contributed by atoms with van der Waals surface area (Å²) in [6.45, 7) is 2.22. The molecule has 0 saturated heterocycles. The third-order valence-corrected chi connectivity index (χ3v) is 3.19. The fourth-order valence-corrected chi connectivity index (χ4v) is 2.05. The topological polar surface area (TPSA) is 40.5 Å². The van der Waals surface area contributed by atoms with E-state index in [1.807, 2.05) is 0 Å². The molecule has 0 amide bonds. The van der Waals surface area contributed by atoms with Gasteiger partial charge in [0.1, 0.15) is 5.76 Å². The summed E-state index contributed by atoms with van der Waals surface area (Å²) < 4.78 is 0. The Kier molecular flexibility index (Phi) is 5.61. The zero-order valence-electron chi connectivity index (χ0n) is 10.3. The van der Waals surface area contributed by atoms with Gasteiger partial charge in [-0.3, -0.25) is 0 Å². The number of aliphatic hydroxyl groups is 2. The van der Waals surface area contributed by atoms with E-state index in [1.165, 1.54) is 32.1 Å². The van der Waals surface area contributed by atoms with Crippen LogP contribution in [0.25, 0.3) is 0 Å². The van der Waals surface area contributed by atoms with Gasteiger partial charge >= 0.3 is 0 Å². The average Bonchev–Trinajstić information content (AvgIpc) is 2.28. The van der Waals surface area contributed by atoms with Crippen molar-refractivity contribution in [2.24, 2.45) is 0 Å². The molecule has 0 aromatic carbocycles. The van der Waals surface area contributed by atoms with Crippen molar-refractivity contribution in [3.8, 4) is 0 Å². The Balaban J connectivity index is 2.11. The van der Waals surface area contributed by atoms with E-state index in [0.717, 1.165) is 12.8 Å². The molecule has 1 atom stereocenters. The molecule has 16 heavy (non-hydrogen) atoms. The molecule has 1 rings (SSSR count). The average molecular weight is 224 g/mol. The normalized spacial score (nSPS) is 24.5. The Morgan fingerprint density at radius 3 is 2.50 bits per heavy atom.